The van der Waals surface area contributed by atoms with Gasteiger partial charge in [-0.3, -0.25) is 9.59 Å². The summed E-state index contributed by atoms with van der Waals surface area (Å²) in [7, 11) is 1.74. The number of likely N-dealkylation sites (N-methyl/N-ethyl adjacent to an activating group) is 1. The largest absolute Gasteiger partial charge is 0.486 e. The van der Waals surface area contributed by atoms with Crippen LogP contribution in [-0.4, -0.2) is 43.0 Å². The highest BCUT2D eigenvalue weighted by Gasteiger charge is 2.29. The fourth-order valence-corrected chi connectivity index (χ4v) is 3.41. The number of hydrogen-bond donors (Lipinski definition) is 1. The van der Waals surface area contributed by atoms with Crippen LogP contribution in [0.2, 0.25) is 5.02 Å². The van der Waals surface area contributed by atoms with E-state index in [0.717, 1.165) is 12.0 Å². The standard InChI is InChI=1S/C23H27ClN2O4/c1-4-15(2)21(25-22(27)17-6-8-18(24)9-7-17)23(28)26(3)14-16-5-10-19-20(13-16)30-12-11-29-19/h5-10,13,15,21H,4,11-12,14H2,1-3H3,(H,25,27). The second-order valence-corrected chi connectivity index (χ2v) is 7.95. The molecule has 1 heterocycles. The van der Waals surface area contributed by atoms with Crippen LogP contribution in [0.3, 0.4) is 0 Å². The second-order valence-electron chi connectivity index (χ2n) is 7.52. The van der Waals surface area contributed by atoms with Gasteiger partial charge in [-0.1, -0.05) is 37.9 Å². The molecule has 2 aromatic carbocycles. The number of rotatable bonds is 7. The summed E-state index contributed by atoms with van der Waals surface area (Å²) in [4.78, 5) is 27.5. The fourth-order valence-electron chi connectivity index (χ4n) is 3.28. The predicted octanol–water partition coefficient (Wildman–Crippen LogP) is 3.91. The van der Waals surface area contributed by atoms with Crippen LogP contribution in [0, 0.1) is 5.92 Å². The van der Waals surface area contributed by atoms with Gasteiger partial charge in [0.05, 0.1) is 0 Å². The first-order chi connectivity index (χ1) is 14.4. The molecule has 0 fully saturated rings. The number of halogens is 1. The third kappa shape index (κ3) is 5.25. The monoisotopic (exact) mass is 430 g/mol. The molecule has 2 aromatic rings. The van der Waals surface area contributed by atoms with E-state index in [9.17, 15) is 9.59 Å². The molecule has 2 amide bonds. The first kappa shape index (κ1) is 22.0. The zero-order chi connectivity index (χ0) is 21.7. The van der Waals surface area contributed by atoms with Crippen molar-refractivity contribution in [2.24, 2.45) is 5.92 Å². The van der Waals surface area contributed by atoms with Crippen molar-refractivity contribution in [1.82, 2.24) is 10.2 Å². The molecule has 2 unspecified atom stereocenters. The zero-order valence-corrected chi connectivity index (χ0v) is 18.2. The summed E-state index contributed by atoms with van der Waals surface area (Å²) >= 11 is 5.90. The lowest BCUT2D eigenvalue weighted by Gasteiger charge is -2.28. The highest BCUT2D eigenvalue weighted by molar-refractivity contribution is 6.30. The summed E-state index contributed by atoms with van der Waals surface area (Å²) in [5.74, 6) is 0.955. The maximum Gasteiger partial charge on any atom is 0.251 e. The molecule has 0 bridgehead atoms. The maximum absolute atomic E-state index is 13.2. The summed E-state index contributed by atoms with van der Waals surface area (Å²) in [5.41, 5.74) is 1.40. The molecule has 2 atom stereocenters. The van der Waals surface area contributed by atoms with Crippen molar-refractivity contribution in [1.29, 1.82) is 0 Å². The van der Waals surface area contributed by atoms with Gasteiger partial charge in [0.15, 0.2) is 11.5 Å². The summed E-state index contributed by atoms with van der Waals surface area (Å²) in [6, 6.07) is 11.7. The van der Waals surface area contributed by atoms with E-state index >= 15 is 0 Å². The van der Waals surface area contributed by atoms with Crippen molar-refractivity contribution >= 4 is 23.4 Å². The highest BCUT2D eigenvalue weighted by atomic mass is 35.5. The van der Waals surface area contributed by atoms with Crippen LogP contribution in [0.5, 0.6) is 11.5 Å². The molecule has 1 aliphatic heterocycles. The van der Waals surface area contributed by atoms with Crippen LogP contribution >= 0.6 is 11.6 Å². The molecule has 6 nitrogen and oxygen atoms in total. The average molecular weight is 431 g/mol. The van der Waals surface area contributed by atoms with Gasteiger partial charge in [-0.05, 0) is 47.9 Å². The van der Waals surface area contributed by atoms with Crippen LogP contribution < -0.4 is 14.8 Å². The van der Waals surface area contributed by atoms with Crippen molar-refractivity contribution in [2.75, 3.05) is 20.3 Å². The van der Waals surface area contributed by atoms with Crippen molar-refractivity contribution in [3.8, 4) is 11.5 Å². The summed E-state index contributed by atoms with van der Waals surface area (Å²) in [6.45, 7) is 5.41. The van der Waals surface area contributed by atoms with Crippen molar-refractivity contribution in [3.63, 3.8) is 0 Å². The Morgan fingerprint density at radius 3 is 2.43 bits per heavy atom. The molecule has 0 aromatic heterocycles. The Hall–Kier alpha value is -2.73. The van der Waals surface area contributed by atoms with E-state index in [-0.39, 0.29) is 17.7 Å². The molecule has 160 valence electrons. The first-order valence-electron chi connectivity index (χ1n) is 10.1. The van der Waals surface area contributed by atoms with Crippen LogP contribution in [0.1, 0.15) is 36.2 Å². The molecule has 1 aliphatic rings. The Morgan fingerprint density at radius 2 is 1.77 bits per heavy atom. The van der Waals surface area contributed by atoms with Crippen LogP contribution in [0.25, 0.3) is 0 Å². The fraction of sp³-hybridized carbons (Fsp3) is 0.391. The minimum absolute atomic E-state index is 0.0172. The number of nitrogens with zero attached hydrogens (tertiary/aromatic N) is 1. The number of fused-ring (bicyclic) bond motifs is 1. The number of amides is 2. The Balaban J connectivity index is 1.71. The number of nitrogens with one attached hydrogen (secondary N) is 1. The number of hydrogen-bond acceptors (Lipinski definition) is 4. The van der Waals surface area contributed by atoms with Crippen LogP contribution in [-0.2, 0) is 11.3 Å². The summed E-state index contributed by atoms with van der Waals surface area (Å²) in [6.07, 6.45) is 0.759. The van der Waals surface area contributed by atoms with Gasteiger partial charge >= 0.3 is 0 Å². The summed E-state index contributed by atoms with van der Waals surface area (Å²) < 4.78 is 11.2. The lowest BCUT2D eigenvalue weighted by atomic mass is 9.97. The first-order valence-corrected chi connectivity index (χ1v) is 10.5. The van der Waals surface area contributed by atoms with E-state index in [1.807, 2.05) is 32.0 Å². The number of ether oxygens (including phenoxy) is 2. The van der Waals surface area contributed by atoms with E-state index in [1.165, 1.54) is 0 Å². The van der Waals surface area contributed by atoms with Gasteiger partial charge < -0.3 is 19.7 Å². The topological polar surface area (TPSA) is 67.9 Å². The number of carbonyl (C=O) groups excluding carboxylic acids is 2. The molecular formula is C23H27ClN2O4. The third-order valence-electron chi connectivity index (χ3n) is 5.27. The lowest BCUT2D eigenvalue weighted by molar-refractivity contribution is -0.133. The second kappa shape index (κ2) is 9.85. The Labute approximate surface area is 182 Å². The van der Waals surface area contributed by atoms with Crippen molar-refractivity contribution in [2.45, 2.75) is 32.9 Å². The highest BCUT2D eigenvalue weighted by Crippen LogP contribution is 2.31. The van der Waals surface area contributed by atoms with Gasteiger partial charge in [-0.2, -0.15) is 0 Å². The molecule has 0 spiro atoms. The lowest BCUT2D eigenvalue weighted by Crippen LogP contribution is -2.50. The molecule has 0 saturated heterocycles. The van der Waals surface area contributed by atoms with Gasteiger partial charge in [0.2, 0.25) is 5.91 Å². The van der Waals surface area contributed by atoms with Gasteiger partial charge in [0.1, 0.15) is 19.3 Å². The Kier molecular flexibility index (Phi) is 7.21. The molecule has 7 heteroatoms. The van der Waals surface area contributed by atoms with Gasteiger partial charge in [-0.15, -0.1) is 0 Å². The van der Waals surface area contributed by atoms with Gasteiger partial charge in [0, 0.05) is 24.2 Å². The van der Waals surface area contributed by atoms with Crippen LogP contribution in [0.15, 0.2) is 42.5 Å². The van der Waals surface area contributed by atoms with Gasteiger partial charge in [-0.25, -0.2) is 0 Å². The Bertz CT molecular complexity index is 901. The number of benzene rings is 2. The Morgan fingerprint density at radius 1 is 1.10 bits per heavy atom. The van der Waals surface area contributed by atoms with Crippen LogP contribution in [0.4, 0.5) is 0 Å². The molecule has 3 rings (SSSR count). The molecule has 30 heavy (non-hydrogen) atoms. The van der Waals surface area contributed by atoms with E-state index in [2.05, 4.69) is 5.32 Å². The molecule has 0 saturated carbocycles. The van der Waals surface area contributed by atoms with Gasteiger partial charge in [0.25, 0.3) is 5.91 Å². The molecule has 1 N–H and O–H groups in total. The van der Waals surface area contributed by atoms with Crippen molar-refractivity contribution < 1.29 is 19.1 Å². The van der Waals surface area contributed by atoms with E-state index in [1.54, 1.807) is 36.2 Å². The normalized spacial score (nSPS) is 14.5. The molecular weight excluding hydrogens is 404 g/mol. The maximum atomic E-state index is 13.2. The minimum Gasteiger partial charge on any atom is -0.486 e. The minimum atomic E-state index is -0.625. The summed E-state index contributed by atoms with van der Waals surface area (Å²) in [5, 5.41) is 3.46. The zero-order valence-electron chi connectivity index (χ0n) is 17.5. The average Bonchev–Trinajstić information content (AvgIpc) is 2.76. The van der Waals surface area contributed by atoms with E-state index < -0.39 is 6.04 Å². The quantitative estimate of drug-likeness (QED) is 0.723. The predicted molar refractivity (Wildman–Crippen MR) is 116 cm³/mol. The molecule has 0 radical (unpaired) electrons. The van der Waals surface area contributed by atoms with E-state index in [0.29, 0.717) is 41.8 Å². The number of carbonyl (C=O) groups is 2. The third-order valence-corrected chi connectivity index (χ3v) is 5.53. The smallest absolute Gasteiger partial charge is 0.251 e. The van der Waals surface area contributed by atoms with E-state index in [4.69, 9.17) is 21.1 Å². The SMILES string of the molecule is CCC(C)C(NC(=O)c1ccc(Cl)cc1)C(=O)N(C)Cc1ccc2c(c1)OCCO2. The molecule has 0 aliphatic carbocycles. The van der Waals surface area contributed by atoms with Crippen molar-refractivity contribution in [3.05, 3.63) is 58.6 Å².